The number of hydrogen-bond donors (Lipinski definition) is 0. The van der Waals surface area contributed by atoms with E-state index in [0.29, 0.717) is 49.1 Å². The minimum Gasteiger partial charge on any atom is -0.450 e. The van der Waals surface area contributed by atoms with E-state index in [9.17, 15) is 9.59 Å². The Kier molecular flexibility index (Phi) is 5.40. The van der Waals surface area contributed by atoms with Crippen molar-refractivity contribution in [1.82, 2.24) is 19.2 Å². The first kappa shape index (κ1) is 19.3. The Morgan fingerprint density at radius 1 is 1.03 bits per heavy atom. The number of carbonyl (C=O) groups is 2. The molecule has 2 amide bonds. The first-order chi connectivity index (χ1) is 14.0. The molecule has 0 spiro atoms. The van der Waals surface area contributed by atoms with Crippen LogP contribution in [-0.4, -0.2) is 64.0 Å². The Bertz CT molecular complexity index is 1060. The molecule has 150 valence electrons. The maximum atomic E-state index is 12.9. The number of piperazine rings is 1. The predicted molar refractivity (Wildman–Crippen MR) is 110 cm³/mol. The topological polar surface area (TPSA) is 67.2 Å². The lowest BCUT2D eigenvalue weighted by molar-refractivity contribution is 0.0566. The molecule has 0 aliphatic carbocycles. The van der Waals surface area contributed by atoms with Crippen LogP contribution in [0.15, 0.2) is 48.8 Å². The van der Waals surface area contributed by atoms with E-state index in [2.05, 4.69) is 4.98 Å². The summed E-state index contributed by atoms with van der Waals surface area (Å²) in [6.45, 7) is 3.95. The fourth-order valence-corrected chi connectivity index (χ4v) is 3.59. The van der Waals surface area contributed by atoms with E-state index in [1.807, 2.05) is 47.0 Å². The van der Waals surface area contributed by atoms with Crippen molar-refractivity contribution >= 4 is 29.2 Å². The summed E-state index contributed by atoms with van der Waals surface area (Å²) >= 11 is 6.09. The molecule has 3 heterocycles. The number of rotatable bonds is 3. The van der Waals surface area contributed by atoms with Gasteiger partial charge in [0.2, 0.25) is 0 Å². The van der Waals surface area contributed by atoms with Crippen LogP contribution >= 0.6 is 11.6 Å². The quantitative estimate of drug-likeness (QED) is 0.659. The maximum Gasteiger partial charge on any atom is 0.409 e. The number of halogens is 1. The van der Waals surface area contributed by atoms with Gasteiger partial charge in [-0.1, -0.05) is 23.7 Å². The summed E-state index contributed by atoms with van der Waals surface area (Å²) in [6, 6.07) is 11.5. The highest BCUT2D eigenvalue weighted by molar-refractivity contribution is 6.30. The van der Waals surface area contributed by atoms with Crippen LogP contribution in [0.25, 0.3) is 16.8 Å². The van der Waals surface area contributed by atoms with Crippen LogP contribution in [0.4, 0.5) is 4.79 Å². The molecular formula is C21H21ClN4O3. The zero-order chi connectivity index (χ0) is 20.4. The van der Waals surface area contributed by atoms with Crippen molar-refractivity contribution in [1.29, 1.82) is 0 Å². The Hall–Kier alpha value is -3.06. The fraction of sp³-hybridized carbons (Fsp3) is 0.286. The van der Waals surface area contributed by atoms with E-state index in [1.165, 1.54) is 0 Å². The van der Waals surface area contributed by atoms with Crippen LogP contribution in [0, 0.1) is 0 Å². The third-order valence-electron chi connectivity index (χ3n) is 4.92. The molecule has 1 fully saturated rings. The lowest BCUT2D eigenvalue weighted by atomic mass is 10.1. The van der Waals surface area contributed by atoms with Gasteiger partial charge in [-0.2, -0.15) is 0 Å². The molecule has 8 heteroatoms. The molecule has 1 aliphatic rings. The molecule has 7 nitrogen and oxygen atoms in total. The largest absolute Gasteiger partial charge is 0.450 e. The van der Waals surface area contributed by atoms with Crippen LogP contribution in [0.3, 0.4) is 0 Å². The molecule has 1 aliphatic heterocycles. The van der Waals surface area contributed by atoms with Crippen molar-refractivity contribution in [3.8, 4) is 11.1 Å². The number of benzene rings is 1. The predicted octanol–water partition coefficient (Wildman–Crippen LogP) is 3.57. The van der Waals surface area contributed by atoms with Gasteiger partial charge in [-0.25, -0.2) is 9.78 Å². The molecule has 0 N–H and O–H groups in total. The van der Waals surface area contributed by atoms with Crippen LogP contribution < -0.4 is 0 Å². The monoisotopic (exact) mass is 412 g/mol. The number of hydrogen-bond acceptors (Lipinski definition) is 4. The van der Waals surface area contributed by atoms with E-state index in [-0.39, 0.29) is 12.0 Å². The number of ether oxygens (including phenoxy) is 1. The van der Waals surface area contributed by atoms with E-state index in [0.717, 1.165) is 11.1 Å². The van der Waals surface area contributed by atoms with Gasteiger partial charge in [-0.15, -0.1) is 0 Å². The Morgan fingerprint density at radius 2 is 1.79 bits per heavy atom. The number of nitrogens with zero attached hydrogens (tertiary/aromatic N) is 4. The number of pyridine rings is 1. The normalized spacial score (nSPS) is 14.3. The number of carbonyl (C=O) groups excluding carboxylic acids is 2. The van der Waals surface area contributed by atoms with E-state index in [4.69, 9.17) is 16.3 Å². The van der Waals surface area contributed by atoms with Crippen molar-refractivity contribution in [2.75, 3.05) is 32.8 Å². The summed E-state index contributed by atoms with van der Waals surface area (Å²) in [5, 5.41) is 0.672. The number of aromatic nitrogens is 2. The van der Waals surface area contributed by atoms with E-state index < -0.39 is 0 Å². The van der Waals surface area contributed by atoms with Gasteiger partial charge in [-0.3, -0.25) is 4.79 Å². The Labute approximate surface area is 173 Å². The van der Waals surface area contributed by atoms with Gasteiger partial charge < -0.3 is 18.9 Å². The molecule has 3 aromatic rings. The molecule has 29 heavy (non-hydrogen) atoms. The van der Waals surface area contributed by atoms with Crippen molar-refractivity contribution < 1.29 is 14.3 Å². The molecule has 0 saturated carbocycles. The molecule has 0 unspecified atom stereocenters. The van der Waals surface area contributed by atoms with Crippen molar-refractivity contribution in [2.24, 2.45) is 0 Å². The molecule has 4 rings (SSSR count). The van der Waals surface area contributed by atoms with Gasteiger partial charge in [0.25, 0.3) is 5.91 Å². The second-order valence-corrected chi connectivity index (χ2v) is 7.23. The molecular weight excluding hydrogens is 392 g/mol. The molecule has 0 bridgehead atoms. The molecule has 0 radical (unpaired) electrons. The van der Waals surface area contributed by atoms with Gasteiger partial charge in [0.1, 0.15) is 11.3 Å². The third kappa shape index (κ3) is 4.05. The van der Waals surface area contributed by atoms with Crippen LogP contribution in [0.1, 0.15) is 17.4 Å². The minimum atomic E-state index is -0.333. The van der Waals surface area contributed by atoms with Crippen LogP contribution in [0.2, 0.25) is 5.02 Å². The van der Waals surface area contributed by atoms with Gasteiger partial charge >= 0.3 is 6.09 Å². The van der Waals surface area contributed by atoms with Gasteiger partial charge in [0, 0.05) is 43.6 Å². The second-order valence-electron chi connectivity index (χ2n) is 6.80. The van der Waals surface area contributed by atoms with Gasteiger partial charge in [-0.05, 0) is 42.3 Å². The van der Waals surface area contributed by atoms with Crippen LogP contribution in [-0.2, 0) is 4.74 Å². The standard InChI is InChI=1S/C21H21ClN4O3/c1-2-29-21(28)25-10-8-24(9-11-25)20(27)18-14-26-13-16(6-7-19(26)23-18)15-4-3-5-17(22)12-15/h3-7,12-14H,2,8-11H2,1H3. The highest BCUT2D eigenvalue weighted by Crippen LogP contribution is 2.23. The number of imidazole rings is 1. The highest BCUT2D eigenvalue weighted by atomic mass is 35.5. The second kappa shape index (κ2) is 8.13. The summed E-state index contributed by atoms with van der Waals surface area (Å²) in [5.74, 6) is -0.137. The van der Waals surface area contributed by atoms with Gasteiger partial charge in [0.05, 0.1) is 6.61 Å². The van der Waals surface area contributed by atoms with E-state index in [1.54, 1.807) is 22.9 Å². The first-order valence-electron chi connectivity index (χ1n) is 9.51. The molecule has 1 aromatic carbocycles. The molecule has 0 atom stereocenters. The summed E-state index contributed by atoms with van der Waals surface area (Å²) in [6.07, 6.45) is 3.34. The summed E-state index contributed by atoms with van der Waals surface area (Å²) < 4.78 is 6.86. The SMILES string of the molecule is CCOC(=O)N1CCN(C(=O)c2cn3cc(-c4cccc(Cl)c4)ccc3n2)CC1. The first-order valence-corrected chi connectivity index (χ1v) is 9.88. The summed E-state index contributed by atoms with van der Waals surface area (Å²) in [5.41, 5.74) is 3.07. The van der Waals surface area contributed by atoms with Crippen molar-refractivity contribution in [2.45, 2.75) is 6.92 Å². The number of amides is 2. The Morgan fingerprint density at radius 3 is 2.52 bits per heavy atom. The Balaban J connectivity index is 1.50. The average molecular weight is 413 g/mol. The zero-order valence-electron chi connectivity index (χ0n) is 16.0. The maximum absolute atomic E-state index is 12.9. The lowest BCUT2D eigenvalue weighted by Crippen LogP contribution is -2.50. The zero-order valence-corrected chi connectivity index (χ0v) is 16.8. The third-order valence-corrected chi connectivity index (χ3v) is 5.16. The minimum absolute atomic E-state index is 0.137. The van der Waals surface area contributed by atoms with E-state index >= 15 is 0 Å². The smallest absolute Gasteiger partial charge is 0.409 e. The molecule has 2 aromatic heterocycles. The van der Waals surface area contributed by atoms with Gasteiger partial charge in [0.15, 0.2) is 0 Å². The molecule has 1 saturated heterocycles. The summed E-state index contributed by atoms with van der Waals surface area (Å²) in [7, 11) is 0. The lowest BCUT2D eigenvalue weighted by Gasteiger charge is -2.33. The summed E-state index contributed by atoms with van der Waals surface area (Å²) in [4.78, 5) is 32.5. The van der Waals surface area contributed by atoms with Crippen molar-refractivity contribution in [3.05, 3.63) is 59.5 Å². The number of fused-ring (bicyclic) bond motifs is 1. The fourth-order valence-electron chi connectivity index (χ4n) is 3.40. The highest BCUT2D eigenvalue weighted by Gasteiger charge is 2.26. The van der Waals surface area contributed by atoms with Crippen molar-refractivity contribution in [3.63, 3.8) is 0 Å². The average Bonchev–Trinajstić information content (AvgIpc) is 3.17. The van der Waals surface area contributed by atoms with Crippen LogP contribution in [0.5, 0.6) is 0 Å².